The molecule has 262 valence electrons. The first kappa shape index (κ1) is 39.1. The summed E-state index contributed by atoms with van der Waals surface area (Å²) in [5.41, 5.74) is 7.86. The number of aromatic nitrogens is 2. The van der Waals surface area contributed by atoms with Gasteiger partial charge in [-0.3, -0.25) is 19.2 Å². The molecule has 0 aliphatic carbocycles. The number of carbonyl (C=O) groups excluding carboxylic acids is 4. The highest BCUT2D eigenvalue weighted by molar-refractivity contribution is 7.10. The average Bonchev–Trinajstić information content (AvgIpc) is 3.75. The molecule has 11 nitrogen and oxygen atoms in total. The van der Waals surface area contributed by atoms with E-state index in [0.717, 1.165) is 12.0 Å². The van der Waals surface area contributed by atoms with Crippen molar-refractivity contribution in [1.29, 1.82) is 0 Å². The third-order valence-corrected chi connectivity index (χ3v) is 10.2. The molecular weight excluding hydrogens is 670 g/mol. The molecule has 1 aliphatic heterocycles. The highest BCUT2D eigenvalue weighted by Crippen LogP contribution is 2.27. The highest BCUT2D eigenvalue weighted by Gasteiger charge is 2.27. The number of fused-ring (bicyclic) bond motifs is 4. The number of thiazole rings is 2. The fourth-order valence-electron chi connectivity index (χ4n) is 5.38. The molecule has 0 unspecified atom stereocenters. The van der Waals surface area contributed by atoms with E-state index in [9.17, 15) is 19.2 Å². The SMILES string of the molecule is CC[C@H](C)[C@H](N)C(=O)N1CCCNC(=O)c2csc(n2)[C@H](Cc2ccccc2)NC(=O)c2csc(n2)[C@H](CC(C)C)NC(=O)CCC1.Cl. The summed E-state index contributed by atoms with van der Waals surface area (Å²) in [5.74, 6) is -0.678. The summed E-state index contributed by atoms with van der Waals surface area (Å²) < 4.78 is 0. The van der Waals surface area contributed by atoms with Crippen LogP contribution >= 0.6 is 35.1 Å². The molecule has 4 rings (SSSR count). The van der Waals surface area contributed by atoms with Crippen molar-refractivity contribution in [1.82, 2.24) is 30.8 Å². The topological polar surface area (TPSA) is 159 Å². The molecule has 4 atom stereocenters. The molecule has 1 aromatic carbocycles. The maximum atomic E-state index is 13.5. The highest BCUT2D eigenvalue weighted by atomic mass is 35.5. The Balaban J connectivity index is 0.00000625. The van der Waals surface area contributed by atoms with Crippen molar-refractivity contribution >= 4 is 58.7 Å². The van der Waals surface area contributed by atoms with Crippen molar-refractivity contribution in [2.45, 2.75) is 84.3 Å². The van der Waals surface area contributed by atoms with Gasteiger partial charge in [0.1, 0.15) is 21.4 Å². The molecule has 14 heteroatoms. The van der Waals surface area contributed by atoms with Crippen LogP contribution in [0.5, 0.6) is 0 Å². The van der Waals surface area contributed by atoms with E-state index in [1.165, 1.54) is 22.7 Å². The van der Waals surface area contributed by atoms with Crippen molar-refractivity contribution in [3.63, 3.8) is 0 Å². The van der Waals surface area contributed by atoms with Crippen LogP contribution in [0.1, 0.15) is 108 Å². The molecule has 0 saturated carbocycles. The van der Waals surface area contributed by atoms with Gasteiger partial charge in [-0.2, -0.15) is 0 Å². The number of nitrogens with two attached hydrogens (primary N) is 1. The van der Waals surface area contributed by atoms with Gasteiger partial charge >= 0.3 is 0 Å². The van der Waals surface area contributed by atoms with E-state index in [1.807, 2.05) is 44.2 Å². The van der Waals surface area contributed by atoms with E-state index >= 15 is 0 Å². The Morgan fingerprint density at radius 3 is 2.21 bits per heavy atom. The molecule has 0 spiro atoms. The molecule has 3 heterocycles. The maximum absolute atomic E-state index is 13.5. The Morgan fingerprint density at radius 2 is 1.56 bits per heavy atom. The molecule has 1 aliphatic rings. The molecule has 4 bridgehead atoms. The van der Waals surface area contributed by atoms with Gasteiger partial charge in [-0.15, -0.1) is 35.1 Å². The Kier molecular flexibility index (Phi) is 15.4. The number of rotatable bonds is 7. The largest absolute Gasteiger partial charge is 0.351 e. The fourth-order valence-corrected chi connectivity index (χ4v) is 7.09. The average molecular weight is 718 g/mol. The monoisotopic (exact) mass is 717 g/mol. The molecule has 3 aromatic rings. The number of nitrogens with one attached hydrogen (secondary N) is 3. The summed E-state index contributed by atoms with van der Waals surface area (Å²) in [7, 11) is 0. The second-order valence-electron chi connectivity index (χ2n) is 12.6. The second-order valence-corrected chi connectivity index (χ2v) is 14.3. The van der Waals surface area contributed by atoms with Crippen LogP contribution in [0.3, 0.4) is 0 Å². The minimum Gasteiger partial charge on any atom is -0.351 e. The zero-order valence-corrected chi connectivity index (χ0v) is 30.5. The number of nitrogens with zero attached hydrogens (tertiary/aromatic N) is 3. The van der Waals surface area contributed by atoms with Crippen molar-refractivity contribution in [2.24, 2.45) is 17.6 Å². The summed E-state index contributed by atoms with van der Waals surface area (Å²) >= 11 is 2.65. The van der Waals surface area contributed by atoms with Gasteiger partial charge in [0, 0.05) is 36.8 Å². The minimum atomic E-state index is -0.638. The number of hydrogen-bond acceptors (Lipinski definition) is 9. The third-order valence-electron chi connectivity index (χ3n) is 8.31. The first-order chi connectivity index (χ1) is 22.5. The van der Waals surface area contributed by atoms with Crippen LogP contribution in [-0.2, 0) is 16.0 Å². The predicted molar refractivity (Wildman–Crippen MR) is 192 cm³/mol. The van der Waals surface area contributed by atoms with Gasteiger partial charge in [0.05, 0.1) is 18.1 Å². The van der Waals surface area contributed by atoms with Gasteiger partial charge < -0.3 is 26.6 Å². The molecular formula is C34H48ClN7O4S2. The van der Waals surface area contributed by atoms with Gasteiger partial charge in [-0.25, -0.2) is 9.97 Å². The summed E-state index contributed by atoms with van der Waals surface area (Å²) in [6.07, 6.45) is 3.11. The summed E-state index contributed by atoms with van der Waals surface area (Å²) in [6.45, 7) is 9.22. The first-order valence-corrected chi connectivity index (χ1v) is 18.2. The Morgan fingerprint density at radius 1 is 0.938 bits per heavy atom. The maximum Gasteiger partial charge on any atom is 0.271 e. The van der Waals surface area contributed by atoms with Gasteiger partial charge in [0.25, 0.3) is 11.8 Å². The van der Waals surface area contributed by atoms with Crippen LogP contribution in [0.25, 0.3) is 0 Å². The minimum absolute atomic E-state index is 0. The lowest BCUT2D eigenvalue weighted by Crippen LogP contribution is -2.48. The van der Waals surface area contributed by atoms with Gasteiger partial charge in [-0.1, -0.05) is 64.4 Å². The lowest BCUT2D eigenvalue weighted by Gasteiger charge is -2.28. The van der Waals surface area contributed by atoms with Crippen molar-refractivity contribution in [2.75, 3.05) is 19.6 Å². The van der Waals surface area contributed by atoms with E-state index in [1.54, 1.807) is 15.7 Å². The summed E-state index contributed by atoms with van der Waals surface area (Å²) in [4.78, 5) is 64.1. The van der Waals surface area contributed by atoms with Crippen molar-refractivity contribution in [3.8, 4) is 0 Å². The Bertz CT molecular complexity index is 1500. The fraction of sp³-hybridized carbons (Fsp3) is 0.529. The zero-order valence-electron chi connectivity index (χ0n) is 28.1. The van der Waals surface area contributed by atoms with Crippen LogP contribution in [-0.4, -0.2) is 64.2 Å². The summed E-state index contributed by atoms with van der Waals surface area (Å²) in [6, 6.07) is 8.30. The van der Waals surface area contributed by atoms with E-state index in [0.29, 0.717) is 55.3 Å². The van der Waals surface area contributed by atoms with Crippen LogP contribution < -0.4 is 21.7 Å². The molecule has 4 amide bonds. The molecule has 2 aromatic heterocycles. The standard InChI is InChI=1S/C34H47N7O4S2.ClH/c1-5-22(4)29(35)34(45)41-15-9-13-28(42)37-24(17-21(2)3)32-40-27(20-47-32)31(44)38-25(18-23-11-7-6-8-12-23)33-39-26(19-46-33)30(43)36-14-10-16-41;/h6-8,11-12,19-22,24-25,29H,5,9-10,13-18,35H2,1-4H3,(H,36,43)(H,37,42)(H,38,44);1H/t22-,24-,25-,29-;/m0./s1. The summed E-state index contributed by atoms with van der Waals surface area (Å²) in [5, 5.41) is 13.8. The number of halogens is 1. The molecule has 0 saturated heterocycles. The van der Waals surface area contributed by atoms with Gasteiger partial charge in [0.2, 0.25) is 11.8 Å². The zero-order chi connectivity index (χ0) is 33.9. The van der Waals surface area contributed by atoms with Crippen molar-refractivity contribution in [3.05, 3.63) is 68.1 Å². The molecule has 48 heavy (non-hydrogen) atoms. The van der Waals surface area contributed by atoms with Gasteiger partial charge in [-0.05, 0) is 43.1 Å². The molecule has 0 fully saturated rings. The second kappa shape index (κ2) is 19.0. The van der Waals surface area contributed by atoms with E-state index < -0.39 is 12.1 Å². The smallest absolute Gasteiger partial charge is 0.271 e. The first-order valence-electron chi connectivity index (χ1n) is 16.4. The van der Waals surface area contributed by atoms with Crippen molar-refractivity contribution < 1.29 is 19.2 Å². The van der Waals surface area contributed by atoms with Crippen LogP contribution in [0, 0.1) is 11.8 Å². The number of benzene rings is 1. The van der Waals surface area contributed by atoms with Gasteiger partial charge in [0.15, 0.2) is 0 Å². The van der Waals surface area contributed by atoms with Crippen LogP contribution in [0.15, 0.2) is 41.1 Å². The number of carbonyl (C=O) groups is 4. The van der Waals surface area contributed by atoms with E-state index in [-0.39, 0.29) is 71.7 Å². The number of hydrogen-bond donors (Lipinski definition) is 4. The molecule has 0 radical (unpaired) electrons. The van der Waals surface area contributed by atoms with Crippen LogP contribution in [0.2, 0.25) is 0 Å². The Labute approximate surface area is 297 Å². The van der Waals surface area contributed by atoms with Crippen LogP contribution in [0.4, 0.5) is 0 Å². The normalized spacial score (nSPS) is 19.6. The lowest BCUT2D eigenvalue weighted by molar-refractivity contribution is -0.134. The number of amides is 4. The predicted octanol–water partition coefficient (Wildman–Crippen LogP) is 5.05. The third kappa shape index (κ3) is 11.1. The van der Waals surface area contributed by atoms with E-state index in [4.69, 9.17) is 5.73 Å². The quantitative estimate of drug-likeness (QED) is 0.266. The Hall–Kier alpha value is -3.39. The lowest BCUT2D eigenvalue weighted by atomic mass is 9.98. The molecule has 5 N–H and O–H groups in total. The van der Waals surface area contributed by atoms with E-state index in [2.05, 4.69) is 39.8 Å².